The minimum atomic E-state index is -0.774. The van der Waals surface area contributed by atoms with Crippen molar-refractivity contribution in [1.29, 1.82) is 0 Å². The van der Waals surface area contributed by atoms with Gasteiger partial charge in [0.05, 0.1) is 0 Å². The minimum absolute atomic E-state index is 0.0714. The normalized spacial score (nSPS) is 12.2. The SMILES string of the molecule is CCCCC/C=C\C/C=C\CCCCCCCCCC(=O)OC[C@H](COC(=O)CCCCCCCCCCCCCCCCC)OC(=O)CCCCCCCCCCC/C=C\CCCCCCCC. The molecule has 0 aromatic heterocycles. The molecule has 1 atom stereocenters. The number of esters is 3. The van der Waals surface area contributed by atoms with Crippen molar-refractivity contribution in [3.05, 3.63) is 36.5 Å². The highest BCUT2D eigenvalue weighted by Crippen LogP contribution is 2.17. The number of rotatable bonds is 56. The second kappa shape index (κ2) is 58.2. The van der Waals surface area contributed by atoms with Gasteiger partial charge in [0, 0.05) is 19.3 Å². The van der Waals surface area contributed by atoms with Gasteiger partial charge in [-0.1, -0.05) is 269 Å². The summed E-state index contributed by atoms with van der Waals surface area (Å²) in [6.07, 6.45) is 69.9. The molecule has 0 bridgehead atoms. The molecule has 6 nitrogen and oxygen atoms in total. The molecule has 0 aromatic rings. The van der Waals surface area contributed by atoms with Crippen LogP contribution in [0.15, 0.2) is 36.5 Å². The first-order valence-electron chi connectivity index (χ1n) is 30.5. The van der Waals surface area contributed by atoms with Crippen LogP contribution in [0.1, 0.15) is 329 Å². The molecule has 0 spiro atoms. The molecule has 0 aliphatic rings. The minimum Gasteiger partial charge on any atom is -0.462 e. The highest BCUT2D eigenvalue weighted by molar-refractivity contribution is 5.71. The number of carbonyl (C=O) groups is 3. The quantitative estimate of drug-likeness (QED) is 0.0261. The maximum absolute atomic E-state index is 12.9. The molecule has 0 heterocycles. The van der Waals surface area contributed by atoms with E-state index < -0.39 is 6.10 Å². The lowest BCUT2D eigenvalue weighted by Gasteiger charge is -2.18. The van der Waals surface area contributed by atoms with Gasteiger partial charge in [0.15, 0.2) is 6.10 Å². The summed E-state index contributed by atoms with van der Waals surface area (Å²) in [5.74, 6) is -0.861. The molecule has 0 aliphatic heterocycles. The van der Waals surface area contributed by atoms with E-state index in [-0.39, 0.29) is 31.1 Å². The molecular formula is C63H116O6. The lowest BCUT2D eigenvalue weighted by atomic mass is 10.0. The Balaban J connectivity index is 4.35. The molecule has 0 aliphatic carbocycles. The third-order valence-corrected chi connectivity index (χ3v) is 13.6. The van der Waals surface area contributed by atoms with E-state index in [1.165, 1.54) is 218 Å². The van der Waals surface area contributed by atoms with E-state index >= 15 is 0 Å². The molecule has 0 fully saturated rings. The fourth-order valence-corrected chi connectivity index (χ4v) is 9.00. The van der Waals surface area contributed by atoms with Gasteiger partial charge in [-0.2, -0.15) is 0 Å². The first kappa shape index (κ1) is 66.6. The van der Waals surface area contributed by atoms with Crippen LogP contribution in [0.2, 0.25) is 0 Å². The van der Waals surface area contributed by atoms with E-state index in [0.717, 1.165) is 70.6 Å². The summed E-state index contributed by atoms with van der Waals surface area (Å²) in [4.78, 5) is 38.2. The zero-order chi connectivity index (χ0) is 50.0. The first-order chi connectivity index (χ1) is 34.0. The first-order valence-corrected chi connectivity index (χ1v) is 30.5. The van der Waals surface area contributed by atoms with Gasteiger partial charge in [0.1, 0.15) is 13.2 Å². The van der Waals surface area contributed by atoms with E-state index in [9.17, 15) is 14.4 Å². The van der Waals surface area contributed by atoms with Gasteiger partial charge in [-0.05, 0) is 77.0 Å². The van der Waals surface area contributed by atoms with E-state index in [1.54, 1.807) is 0 Å². The second-order valence-corrected chi connectivity index (χ2v) is 20.6. The number of hydrogen-bond acceptors (Lipinski definition) is 6. The topological polar surface area (TPSA) is 78.9 Å². The van der Waals surface area contributed by atoms with Crippen LogP contribution in [-0.2, 0) is 28.6 Å². The zero-order valence-electron chi connectivity index (χ0n) is 46.3. The summed E-state index contributed by atoms with van der Waals surface area (Å²) in [6, 6.07) is 0. The fourth-order valence-electron chi connectivity index (χ4n) is 9.00. The average Bonchev–Trinajstić information content (AvgIpc) is 3.35. The van der Waals surface area contributed by atoms with Crippen LogP contribution in [-0.4, -0.2) is 37.2 Å². The summed E-state index contributed by atoms with van der Waals surface area (Å²) in [7, 11) is 0. The smallest absolute Gasteiger partial charge is 0.306 e. The lowest BCUT2D eigenvalue weighted by Crippen LogP contribution is -2.30. The average molecular weight is 970 g/mol. The van der Waals surface area contributed by atoms with Crippen LogP contribution >= 0.6 is 0 Å². The highest BCUT2D eigenvalue weighted by atomic mass is 16.6. The summed E-state index contributed by atoms with van der Waals surface area (Å²) in [5.41, 5.74) is 0. The van der Waals surface area contributed by atoms with Gasteiger partial charge in [-0.3, -0.25) is 14.4 Å². The molecule has 69 heavy (non-hydrogen) atoms. The van der Waals surface area contributed by atoms with Crippen LogP contribution in [0.5, 0.6) is 0 Å². The Morgan fingerprint density at radius 1 is 0.290 bits per heavy atom. The maximum atomic E-state index is 12.9. The van der Waals surface area contributed by atoms with Gasteiger partial charge >= 0.3 is 17.9 Å². The second-order valence-electron chi connectivity index (χ2n) is 20.6. The maximum Gasteiger partial charge on any atom is 0.306 e. The van der Waals surface area contributed by atoms with Gasteiger partial charge < -0.3 is 14.2 Å². The molecule has 0 N–H and O–H groups in total. The van der Waals surface area contributed by atoms with E-state index in [2.05, 4.69) is 57.2 Å². The van der Waals surface area contributed by atoms with Crippen LogP contribution in [0.25, 0.3) is 0 Å². The largest absolute Gasteiger partial charge is 0.462 e. The van der Waals surface area contributed by atoms with Crippen molar-refractivity contribution in [2.75, 3.05) is 13.2 Å². The Hall–Kier alpha value is -2.37. The Morgan fingerprint density at radius 3 is 0.841 bits per heavy atom. The summed E-state index contributed by atoms with van der Waals surface area (Å²) < 4.78 is 16.9. The lowest BCUT2D eigenvalue weighted by molar-refractivity contribution is -0.167. The Bertz CT molecular complexity index is 1160. The van der Waals surface area contributed by atoms with Crippen molar-refractivity contribution >= 4 is 17.9 Å². The molecule has 0 aromatic carbocycles. The van der Waals surface area contributed by atoms with Crippen molar-refractivity contribution < 1.29 is 28.6 Å². The molecule has 0 amide bonds. The van der Waals surface area contributed by atoms with Crippen LogP contribution in [0.4, 0.5) is 0 Å². The van der Waals surface area contributed by atoms with E-state index in [4.69, 9.17) is 14.2 Å². The van der Waals surface area contributed by atoms with E-state index in [0.29, 0.717) is 19.3 Å². The Morgan fingerprint density at radius 2 is 0.522 bits per heavy atom. The monoisotopic (exact) mass is 969 g/mol. The summed E-state index contributed by atoms with van der Waals surface area (Å²) in [6.45, 7) is 6.65. The van der Waals surface area contributed by atoms with Gasteiger partial charge in [0.2, 0.25) is 0 Å². The molecule has 0 unspecified atom stereocenters. The zero-order valence-corrected chi connectivity index (χ0v) is 46.3. The summed E-state index contributed by atoms with van der Waals surface area (Å²) in [5, 5.41) is 0. The molecule has 0 rings (SSSR count). The standard InChI is InChI=1S/C63H116O6/c1-4-7-10-13-16-19-22-25-28-30-31-33-36-39-42-45-48-51-54-57-63(66)69-60(58-67-61(64)55-52-49-46-43-40-37-34-27-24-21-18-15-12-9-6-3)59-68-62(65)56-53-50-47-44-41-38-35-32-29-26-23-20-17-14-11-8-5-2/h17,20,25-26,28-29,60H,4-16,18-19,21-24,27,30-59H2,1-3H3/b20-17-,28-25-,29-26-/t60-/m0/s1. The number of hydrogen-bond donors (Lipinski definition) is 0. The third kappa shape index (κ3) is 56.4. The summed E-state index contributed by atoms with van der Waals surface area (Å²) >= 11 is 0. The number of carbonyl (C=O) groups excluding carboxylic acids is 3. The molecule has 404 valence electrons. The molecular weight excluding hydrogens is 853 g/mol. The van der Waals surface area contributed by atoms with Gasteiger partial charge in [0.25, 0.3) is 0 Å². The number of ether oxygens (including phenoxy) is 3. The van der Waals surface area contributed by atoms with Crippen LogP contribution < -0.4 is 0 Å². The Labute approximate surface area is 429 Å². The van der Waals surface area contributed by atoms with Gasteiger partial charge in [-0.15, -0.1) is 0 Å². The van der Waals surface area contributed by atoms with Crippen LogP contribution in [0.3, 0.4) is 0 Å². The highest BCUT2D eigenvalue weighted by Gasteiger charge is 2.19. The van der Waals surface area contributed by atoms with E-state index in [1.807, 2.05) is 0 Å². The predicted octanol–water partition coefficient (Wildman–Crippen LogP) is 20.4. The molecule has 0 radical (unpaired) electrons. The molecule has 0 saturated carbocycles. The molecule has 0 saturated heterocycles. The number of unbranched alkanes of at least 4 members (excludes halogenated alkanes) is 39. The third-order valence-electron chi connectivity index (χ3n) is 13.6. The van der Waals surface area contributed by atoms with Crippen LogP contribution in [0, 0.1) is 0 Å². The van der Waals surface area contributed by atoms with Crippen molar-refractivity contribution in [3.63, 3.8) is 0 Å². The van der Waals surface area contributed by atoms with Crippen molar-refractivity contribution in [1.82, 2.24) is 0 Å². The van der Waals surface area contributed by atoms with Gasteiger partial charge in [-0.25, -0.2) is 0 Å². The van der Waals surface area contributed by atoms with Crippen molar-refractivity contribution in [2.45, 2.75) is 335 Å². The fraction of sp³-hybridized carbons (Fsp3) is 0.857. The predicted molar refractivity (Wildman–Crippen MR) is 298 cm³/mol. The molecule has 6 heteroatoms. The van der Waals surface area contributed by atoms with Crippen molar-refractivity contribution in [2.24, 2.45) is 0 Å². The Kier molecular flexibility index (Phi) is 56.2. The number of allylic oxidation sites excluding steroid dienone is 6. The van der Waals surface area contributed by atoms with Crippen molar-refractivity contribution in [3.8, 4) is 0 Å².